The van der Waals surface area contributed by atoms with E-state index < -0.39 is 0 Å². The van der Waals surface area contributed by atoms with Gasteiger partial charge in [-0.25, -0.2) is 0 Å². The van der Waals surface area contributed by atoms with Crippen molar-refractivity contribution >= 4 is 11.5 Å². The first kappa shape index (κ1) is 22.7. The van der Waals surface area contributed by atoms with Gasteiger partial charge in [-0.3, -0.25) is 4.79 Å². The summed E-state index contributed by atoms with van der Waals surface area (Å²) in [5.41, 5.74) is 4.15. The van der Waals surface area contributed by atoms with Crippen LogP contribution in [0.1, 0.15) is 33.1 Å². The minimum Gasteiger partial charge on any atom is -0.493 e. The van der Waals surface area contributed by atoms with Crippen molar-refractivity contribution in [2.24, 2.45) is 0 Å². The van der Waals surface area contributed by atoms with Crippen molar-refractivity contribution in [2.75, 3.05) is 31.8 Å². The Kier molecular flexibility index (Phi) is 8.84. The van der Waals surface area contributed by atoms with Gasteiger partial charge < -0.3 is 19.6 Å². The summed E-state index contributed by atoms with van der Waals surface area (Å²) in [4.78, 5) is 13.1. The van der Waals surface area contributed by atoms with Crippen LogP contribution in [0.15, 0.2) is 59.4 Å². The monoisotopic (exact) mass is 442 g/mol. The lowest BCUT2D eigenvalue weighted by Crippen LogP contribution is -2.24. The third-order valence-corrected chi connectivity index (χ3v) is 5.39. The van der Waals surface area contributed by atoms with Crippen LogP contribution in [0, 0.1) is 0 Å². The maximum absolute atomic E-state index is 12.2. The van der Waals surface area contributed by atoms with Gasteiger partial charge in [-0.1, -0.05) is 44.2 Å². The number of benzene rings is 2. The van der Waals surface area contributed by atoms with Gasteiger partial charge in [-0.2, -0.15) is 4.07 Å². The molecule has 0 saturated heterocycles. The molecule has 6 nitrogen and oxygen atoms in total. The van der Waals surface area contributed by atoms with E-state index in [9.17, 15) is 4.79 Å². The molecule has 1 aromatic heterocycles. The molecule has 3 rings (SSSR count). The first-order valence-corrected chi connectivity index (χ1v) is 11.5. The highest BCUT2D eigenvalue weighted by Gasteiger charge is 2.07. The van der Waals surface area contributed by atoms with Gasteiger partial charge >= 0.3 is 0 Å². The Morgan fingerprint density at radius 2 is 1.42 bits per heavy atom. The molecule has 1 N–H and O–H groups in total. The minimum absolute atomic E-state index is 0.0525. The number of ether oxygens (including phenoxy) is 3. The molecule has 0 saturated carbocycles. The van der Waals surface area contributed by atoms with Crippen LogP contribution in [0.25, 0.3) is 10.4 Å². The van der Waals surface area contributed by atoms with Gasteiger partial charge in [0, 0.05) is 37.2 Å². The van der Waals surface area contributed by atoms with E-state index in [0.29, 0.717) is 26.4 Å². The Labute approximate surface area is 187 Å². The number of hydrogen-bond acceptors (Lipinski definition) is 6. The summed E-state index contributed by atoms with van der Waals surface area (Å²) in [5.74, 6) is 2.23. The third kappa shape index (κ3) is 7.07. The van der Waals surface area contributed by atoms with Crippen LogP contribution in [0.5, 0.6) is 17.2 Å². The van der Waals surface area contributed by atoms with Crippen molar-refractivity contribution in [1.29, 1.82) is 0 Å². The zero-order chi connectivity index (χ0) is 21.9. The predicted octanol–water partition coefficient (Wildman–Crippen LogP) is 5.17. The SMILES string of the molecule is CCCOc1cc(OCCC)cc(OCCCNn2sc(-c3ccccc3)cc2=O)c1. The van der Waals surface area contributed by atoms with E-state index in [4.69, 9.17) is 14.2 Å². The molecule has 0 aliphatic carbocycles. The summed E-state index contributed by atoms with van der Waals surface area (Å²) in [7, 11) is 0. The van der Waals surface area contributed by atoms with Crippen molar-refractivity contribution in [3.63, 3.8) is 0 Å². The van der Waals surface area contributed by atoms with Crippen LogP contribution in [0.3, 0.4) is 0 Å². The number of aromatic nitrogens is 1. The van der Waals surface area contributed by atoms with Gasteiger partial charge in [0.25, 0.3) is 5.56 Å². The molecule has 0 aliphatic rings. The highest BCUT2D eigenvalue weighted by molar-refractivity contribution is 7.10. The van der Waals surface area contributed by atoms with E-state index in [1.54, 1.807) is 10.1 Å². The fourth-order valence-electron chi connectivity index (χ4n) is 2.87. The van der Waals surface area contributed by atoms with E-state index in [-0.39, 0.29) is 5.56 Å². The molecule has 0 fully saturated rings. The molecular formula is C24H30N2O4S. The van der Waals surface area contributed by atoms with Crippen LogP contribution in [-0.4, -0.2) is 30.4 Å². The van der Waals surface area contributed by atoms with E-state index in [2.05, 4.69) is 19.3 Å². The lowest BCUT2D eigenvalue weighted by atomic mass is 10.2. The summed E-state index contributed by atoms with van der Waals surface area (Å²) in [6, 6.07) is 17.2. The molecule has 0 bridgehead atoms. The van der Waals surface area contributed by atoms with Crippen LogP contribution >= 0.6 is 11.5 Å². The normalized spacial score (nSPS) is 10.6. The molecule has 0 unspecified atom stereocenters. The molecule has 166 valence electrons. The van der Waals surface area contributed by atoms with Gasteiger partial charge in [-0.15, -0.1) is 0 Å². The standard InChI is InChI=1S/C24H30N2O4S/c1-3-12-28-20-15-21(29-13-4-2)17-22(16-20)30-14-8-11-25-26-24(27)18-23(31-26)19-9-6-5-7-10-19/h5-7,9-10,15-18,25H,3-4,8,11-14H2,1-2H3. The van der Waals surface area contributed by atoms with Crippen LogP contribution < -0.4 is 25.2 Å². The first-order valence-electron chi connectivity index (χ1n) is 10.8. The van der Waals surface area contributed by atoms with Crippen molar-refractivity contribution < 1.29 is 14.2 Å². The van der Waals surface area contributed by atoms with Gasteiger partial charge in [-0.05, 0) is 29.9 Å². The van der Waals surface area contributed by atoms with Gasteiger partial charge in [0.1, 0.15) is 17.2 Å². The molecule has 0 aliphatic heterocycles. The zero-order valence-corrected chi connectivity index (χ0v) is 19.0. The second-order valence-electron chi connectivity index (χ2n) is 7.05. The molecule has 0 atom stereocenters. The highest BCUT2D eigenvalue weighted by Crippen LogP contribution is 2.28. The third-order valence-electron chi connectivity index (χ3n) is 4.35. The second-order valence-corrected chi connectivity index (χ2v) is 8.03. The van der Waals surface area contributed by atoms with Crippen molar-refractivity contribution in [2.45, 2.75) is 33.1 Å². The van der Waals surface area contributed by atoms with E-state index in [1.165, 1.54) is 11.5 Å². The first-order chi connectivity index (χ1) is 15.2. The summed E-state index contributed by atoms with van der Waals surface area (Å²) in [6.45, 7) is 6.60. The Hall–Kier alpha value is -2.93. The van der Waals surface area contributed by atoms with E-state index in [0.717, 1.165) is 47.0 Å². The quantitative estimate of drug-likeness (QED) is 0.370. The van der Waals surface area contributed by atoms with Gasteiger partial charge in [0.15, 0.2) is 0 Å². The molecule has 7 heteroatoms. The molecule has 1 heterocycles. The molecular weight excluding hydrogens is 412 g/mol. The predicted molar refractivity (Wildman–Crippen MR) is 126 cm³/mol. The van der Waals surface area contributed by atoms with Crippen LogP contribution in [0.4, 0.5) is 0 Å². The van der Waals surface area contributed by atoms with Crippen molar-refractivity contribution in [3.8, 4) is 27.7 Å². The molecule has 2 aromatic carbocycles. The average Bonchev–Trinajstić information content (AvgIpc) is 3.17. The topological polar surface area (TPSA) is 61.7 Å². The van der Waals surface area contributed by atoms with E-state index in [1.807, 2.05) is 48.5 Å². The molecule has 3 aromatic rings. The van der Waals surface area contributed by atoms with Crippen molar-refractivity contribution in [1.82, 2.24) is 4.07 Å². The number of nitrogens with one attached hydrogen (secondary N) is 1. The Morgan fingerprint density at radius 3 is 2.00 bits per heavy atom. The zero-order valence-electron chi connectivity index (χ0n) is 18.1. The van der Waals surface area contributed by atoms with Crippen LogP contribution in [-0.2, 0) is 0 Å². The second kappa shape index (κ2) is 12.1. The lowest BCUT2D eigenvalue weighted by molar-refractivity contribution is 0.285. The van der Waals surface area contributed by atoms with E-state index >= 15 is 0 Å². The summed E-state index contributed by atoms with van der Waals surface area (Å²) in [5, 5.41) is 0. The Balaban J connectivity index is 1.50. The summed E-state index contributed by atoms with van der Waals surface area (Å²) in [6.07, 6.45) is 2.63. The number of nitrogens with zero attached hydrogens (tertiary/aromatic N) is 1. The van der Waals surface area contributed by atoms with Crippen molar-refractivity contribution in [3.05, 3.63) is 65.0 Å². The average molecular weight is 443 g/mol. The summed E-state index contributed by atoms with van der Waals surface area (Å²) < 4.78 is 19.0. The Morgan fingerprint density at radius 1 is 0.839 bits per heavy atom. The molecule has 0 amide bonds. The highest BCUT2D eigenvalue weighted by atomic mass is 32.1. The van der Waals surface area contributed by atoms with Gasteiger partial charge in [0.05, 0.1) is 24.7 Å². The number of hydrogen-bond donors (Lipinski definition) is 1. The Bertz CT molecular complexity index is 958. The fourth-order valence-corrected chi connectivity index (χ4v) is 3.76. The molecule has 31 heavy (non-hydrogen) atoms. The fraction of sp³-hybridized carbons (Fsp3) is 0.375. The number of rotatable bonds is 13. The molecule has 0 radical (unpaired) electrons. The lowest BCUT2D eigenvalue weighted by Gasteiger charge is -2.13. The largest absolute Gasteiger partial charge is 0.493 e. The summed E-state index contributed by atoms with van der Waals surface area (Å²) >= 11 is 1.41. The van der Waals surface area contributed by atoms with Gasteiger partial charge in [0.2, 0.25) is 0 Å². The smallest absolute Gasteiger partial charge is 0.280 e. The molecule has 0 spiro atoms. The minimum atomic E-state index is -0.0525. The van der Waals surface area contributed by atoms with Crippen LogP contribution in [0.2, 0.25) is 0 Å². The maximum Gasteiger partial charge on any atom is 0.280 e. The maximum atomic E-state index is 12.2.